The number of esters is 1. The molecule has 6 nitrogen and oxygen atoms in total. The van der Waals surface area contributed by atoms with E-state index in [0.717, 1.165) is 12.8 Å². The predicted octanol–water partition coefficient (Wildman–Crippen LogP) is 3.86. The van der Waals surface area contributed by atoms with E-state index in [-0.39, 0.29) is 17.9 Å². The van der Waals surface area contributed by atoms with Crippen LogP contribution in [0.2, 0.25) is 5.02 Å². The molecular weight excluding hydrogens is 390 g/mol. The average molecular weight is 412 g/mol. The Kier molecular flexibility index (Phi) is 4.66. The number of anilines is 1. The lowest BCUT2D eigenvalue weighted by molar-refractivity contribution is -0.142. The van der Waals surface area contributed by atoms with Crippen molar-refractivity contribution in [3.63, 3.8) is 0 Å². The first-order valence-electron chi connectivity index (χ1n) is 9.60. The minimum absolute atomic E-state index is 0.0888. The predicted molar refractivity (Wildman–Crippen MR) is 109 cm³/mol. The molecule has 0 fully saturated rings. The SMILES string of the molecule is CC(=O)OCc1c(Cl)ccc(C#N)c1N1CCn2c(cc3c2CC(C)(C)C3)C1=O. The van der Waals surface area contributed by atoms with Crippen molar-refractivity contribution in [3.05, 3.63) is 51.3 Å². The highest BCUT2D eigenvalue weighted by Crippen LogP contribution is 2.40. The van der Waals surface area contributed by atoms with Crippen molar-refractivity contribution in [1.82, 2.24) is 4.57 Å². The summed E-state index contributed by atoms with van der Waals surface area (Å²) in [6.45, 7) is 6.78. The number of rotatable bonds is 3. The highest BCUT2D eigenvalue weighted by atomic mass is 35.5. The summed E-state index contributed by atoms with van der Waals surface area (Å²) in [4.78, 5) is 26.3. The van der Waals surface area contributed by atoms with Gasteiger partial charge < -0.3 is 14.2 Å². The number of hydrogen-bond donors (Lipinski definition) is 0. The van der Waals surface area contributed by atoms with Crippen molar-refractivity contribution >= 4 is 29.2 Å². The van der Waals surface area contributed by atoms with Gasteiger partial charge in [-0.25, -0.2) is 0 Å². The van der Waals surface area contributed by atoms with Gasteiger partial charge in [-0.2, -0.15) is 5.26 Å². The molecule has 29 heavy (non-hydrogen) atoms. The second kappa shape index (κ2) is 6.93. The molecule has 1 aliphatic heterocycles. The van der Waals surface area contributed by atoms with Gasteiger partial charge in [0.15, 0.2) is 0 Å². The summed E-state index contributed by atoms with van der Waals surface area (Å²) in [7, 11) is 0. The monoisotopic (exact) mass is 411 g/mol. The van der Waals surface area contributed by atoms with Gasteiger partial charge in [0.05, 0.1) is 11.3 Å². The van der Waals surface area contributed by atoms with Gasteiger partial charge in [0.25, 0.3) is 5.91 Å². The quantitative estimate of drug-likeness (QED) is 0.718. The molecule has 0 spiro atoms. The van der Waals surface area contributed by atoms with Crippen LogP contribution in [0.1, 0.15) is 53.6 Å². The molecule has 1 aliphatic carbocycles. The maximum atomic E-state index is 13.4. The Morgan fingerprint density at radius 2 is 2.07 bits per heavy atom. The van der Waals surface area contributed by atoms with E-state index in [1.165, 1.54) is 18.2 Å². The van der Waals surface area contributed by atoms with E-state index in [4.69, 9.17) is 16.3 Å². The maximum Gasteiger partial charge on any atom is 0.302 e. The van der Waals surface area contributed by atoms with Gasteiger partial charge in [-0.1, -0.05) is 25.4 Å². The Bertz CT molecular complexity index is 1080. The van der Waals surface area contributed by atoms with E-state index in [1.807, 2.05) is 6.07 Å². The molecule has 0 atom stereocenters. The van der Waals surface area contributed by atoms with E-state index in [1.54, 1.807) is 17.0 Å². The molecule has 0 saturated carbocycles. The Labute approximate surface area is 174 Å². The molecule has 2 heterocycles. The molecule has 2 aromatic rings. The standard InChI is InChI=1S/C22H22ClN3O3/c1-13(27)29-12-16-17(23)5-4-14(11-24)20(16)26-7-6-25-18(21(26)28)8-15-9-22(2,3)10-19(15)25/h4-5,8H,6-7,9-10,12H2,1-3H3. The van der Waals surface area contributed by atoms with E-state index in [9.17, 15) is 14.9 Å². The topological polar surface area (TPSA) is 75.3 Å². The highest BCUT2D eigenvalue weighted by Gasteiger charge is 2.37. The highest BCUT2D eigenvalue weighted by molar-refractivity contribution is 6.32. The first kappa shape index (κ1) is 19.5. The number of hydrogen-bond acceptors (Lipinski definition) is 4. The summed E-state index contributed by atoms with van der Waals surface area (Å²) in [6, 6.07) is 7.32. The normalized spacial score (nSPS) is 16.9. The summed E-state index contributed by atoms with van der Waals surface area (Å²) in [5.41, 5.74) is 4.56. The van der Waals surface area contributed by atoms with Gasteiger partial charge in [-0.15, -0.1) is 0 Å². The second-order valence-corrected chi connectivity index (χ2v) is 8.85. The number of fused-ring (bicyclic) bond motifs is 3. The molecule has 1 amide bonds. The van der Waals surface area contributed by atoms with Crippen molar-refractivity contribution < 1.29 is 14.3 Å². The number of ether oxygens (including phenoxy) is 1. The fourth-order valence-electron chi connectivity index (χ4n) is 4.45. The van der Waals surface area contributed by atoms with Gasteiger partial charge in [0.1, 0.15) is 18.4 Å². The third-order valence-corrected chi connectivity index (χ3v) is 6.01. The molecule has 0 bridgehead atoms. The fraction of sp³-hybridized carbons (Fsp3) is 0.409. The lowest BCUT2D eigenvalue weighted by atomic mass is 9.90. The van der Waals surface area contributed by atoms with Crippen molar-refractivity contribution in [2.75, 3.05) is 11.4 Å². The largest absolute Gasteiger partial charge is 0.461 e. The molecule has 150 valence electrons. The maximum absolute atomic E-state index is 13.4. The molecule has 0 saturated heterocycles. The molecule has 4 rings (SSSR count). The second-order valence-electron chi connectivity index (χ2n) is 8.44. The van der Waals surface area contributed by atoms with Gasteiger partial charge in [0, 0.05) is 36.3 Å². The molecule has 1 aromatic carbocycles. The molecule has 0 unspecified atom stereocenters. The van der Waals surface area contributed by atoms with Crippen LogP contribution >= 0.6 is 11.6 Å². The third-order valence-electron chi connectivity index (χ3n) is 5.66. The van der Waals surface area contributed by atoms with Gasteiger partial charge >= 0.3 is 5.97 Å². The molecule has 7 heteroatoms. The van der Waals surface area contributed by atoms with Crippen LogP contribution in [0.4, 0.5) is 5.69 Å². The first-order chi connectivity index (χ1) is 13.7. The number of aromatic nitrogens is 1. The number of benzene rings is 1. The molecule has 0 radical (unpaired) electrons. The van der Waals surface area contributed by atoms with Crippen LogP contribution in [-0.4, -0.2) is 23.0 Å². The van der Waals surface area contributed by atoms with Gasteiger partial charge in [-0.3, -0.25) is 9.59 Å². The van der Waals surface area contributed by atoms with Gasteiger partial charge in [0.2, 0.25) is 0 Å². The Balaban J connectivity index is 1.76. The summed E-state index contributed by atoms with van der Waals surface area (Å²) in [6.07, 6.45) is 1.90. The minimum Gasteiger partial charge on any atom is -0.461 e. The Morgan fingerprint density at radius 3 is 2.76 bits per heavy atom. The molecule has 2 aliphatic rings. The van der Waals surface area contributed by atoms with Crippen molar-refractivity contribution in [1.29, 1.82) is 5.26 Å². The minimum atomic E-state index is -0.452. The smallest absolute Gasteiger partial charge is 0.302 e. The fourth-order valence-corrected chi connectivity index (χ4v) is 4.65. The van der Waals surface area contributed by atoms with E-state index >= 15 is 0 Å². The van der Waals surface area contributed by atoms with Crippen LogP contribution in [0.15, 0.2) is 18.2 Å². The summed E-state index contributed by atoms with van der Waals surface area (Å²) < 4.78 is 7.26. The lowest BCUT2D eigenvalue weighted by Crippen LogP contribution is -2.41. The zero-order valence-electron chi connectivity index (χ0n) is 16.7. The third kappa shape index (κ3) is 3.30. The summed E-state index contributed by atoms with van der Waals surface area (Å²) in [5.74, 6) is -0.612. The zero-order chi connectivity index (χ0) is 20.9. The molecule has 0 N–H and O–H groups in total. The van der Waals surface area contributed by atoms with Crippen LogP contribution < -0.4 is 4.90 Å². The van der Waals surface area contributed by atoms with Crippen LogP contribution in [-0.2, 0) is 35.5 Å². The Morgan fingerprint density at radius 1 is 1.31 bits per heavy atom. The summed E-state index contributed by atoms with van der Waals surface area (Å²) >= 11 is 6.36. The number of amides is 1. The van der Waals surface area contributed by atoms with Crippen molar-refractivity contribution in [2.45, 2.75) is 46.8 Å². The number of carbonyl (C=O) groups is 2. The number of carbonyl (C=O) groups excluding carboxylic acids is 2. The van der Waals surface area contributed by atoms with Crippen LogP contribution in [0.25, 0.3) is 0 Å². The van der Waals surface area contributed by atoms with E-state index in [0.29, 0.717) is 40.6 Å². The molecule has 1 aromatic heterocycles. The van der Waals surface area contributed by atoms with Crippen molar-refractivity contribution in [3.8, 4) is 6.07 Å². The van der Waals surface area contributed by atoms with Crippen LogP contribution in [0, 0.1) is 16.7 Å². The number of nitrogens with zero attached hydrogens (tertiary/aromatic N) is 3. The average Bonchev–Trinajstić information content (AvgIpc) is 3.13. The Hall–Kier alpha value is -2.78. The summed E-state index contributed by atoms with van der Waals surface area (Å²) in [5, 5.41) is 9.99. The number of nitriles is 1. The zero-order valence-corrected chi connectivity index (χ0v) is 17.5. The van der Waals surface area contributed by atoms with E-state index < -0.39 is 5.97 Å². The van der Waals surface area contributed by atoms with Crippen LogP contribution in [0.5, 0.6) is 0 Å². The van der Waals surface area contributed by atoms with E-state index in [2.05, 4.69) is 24.5 Å². The molecular formula is C22H22ClN3O3. The van der Waals surface area contributed by atoms with Crippen molar-refractivity contribution in [2.24, 2.45) is 5.41 Å². The first-order valence-corrected chi connectivity index (χ1v) is 9.97. The van der Waals surface area contributed by atoms with Gasteiger partial charge in [-0.05, 0) is 42.0 Å². The lowest BCUT2D eigenvalue weighted by Gasteiger charge is -2.32. The number of halogens is 1. The van der Waals surface area contributed by atoms with Crippen LogP contribution in [0.3, 0.4) is 0 Å².